The van der Waals surface area contributed by atoms with Crippen molar-refractivity contribution in [3.63, 3.8) is 0 Å². The van der Waals surface area contributed by atoms with Crippen molar-refractivity contribution in [2.75, 3.05) is 14.2 Å². The van der Waals surface area contributed by atoms with Crippen LogP contribution in [0.4, 0.5) is 0 Å². The zero-order chi connectivity index (χ0) is 12.8. The Labute approximate surface area is 105 Å². The monoisotopic (exact) mass is 303 g/mol. The van der Waals surface area contributed by atoms with Crippen LogP contribution in [0, 0.1) is 0 Å². The van der Waals surface area contributed by atoms with Crippen molar-refractivity contribution in [2.24, 2.45) is 5.73 Å². The second-order valence-corrected chi connectivity index (χ2v) is 5.13. The fourth-order valence-electron chi connectivity index (χ4n) is 1.15. The number of carbonyl (C=O) groups is 2. The summed E-state index contributed by atoms with van der Waals surface area (Å²) in [5, 5.41) is 0.103. The van der Waals surface area contributed by atoms with E-state index in [0.717, 1.165) is 0 Å². The van der Waals surface area contributed by atoms with Gasteiger partial charge in [-0.25, -0.2) is 0 Å². The number of nitrogens with two attached hydrogens (primary N) is 1. The maximum absolute atomic E-state index is 11.8. The average molecular weight is 302 g/mol. The Balaban J connectivity index is 2.88. The molecule has 1 rings (SSSR count). The number of hydrogen-bond acceptors (Lipinski definition) is 4. The van der Waals surface area contributed by atoms with Crippen LogP contribution in [0.15, 0.2) is 18.2 Å². The fraction of sp³-hybridized carbons (Fsp3) is 0.273. The molecule has 0 aliphatic carbocycles. The Kier molecular flexibility index (Phi) is 5.00. The van der Waals surface area contributed by atoms with E-state index in [2.05, 4.69) is 0 Å². The molecule has 1 amide bonds. The molecular weight excluding hydrogens is 289 g/mol. The van der Waals surface area contributed by atoms with Crippen LogP contribution >= 0.6 is 0 Å². The van der Waals surface area contributed by atoms with Crippen molar-refractivity contribution >= 4 is 25.5 Å². The summed E-state index contributed by atoms with van der Waals surface area (Å²) in [5.41, 5.74) is 5.48. The Hall–Kier alpha value is -1.52. The summed E-state index contributed by atoms with van der Waals surface area (Å²) in [5.74, 6) is 0.623. The van der Waals surface area contributed by atoms with E-state index < -0.39 is 20.9 Å². The number of rotatable bonds is 6. The van der Waals surface area contributed by atoms with E-state index >= 15 is 0 Å². The molecule has 17 heavy (non-hydrogen) atoms. The molecule has 5 nitrogen and oxygen atoms in total. The Morgan fingerprint density at radius 3 is 2.12 bits per heavy atom. The van der Waals surface area contributed by atoms with Crippen LogP contribution in [-0.2, 0) is 4.79 Å². The van der Waals surface area contributed by atoms with Crippen LogP contribution in [0.1, 0.15) is 10.4 Å². The van der Waals surface area contributed by atoms with Gasteiger partial charge in [0.25, 0.3) is 0 Å². The van der Waals surface area contributed by atoms with Crippen LogP contribution < -0.4 is 15.2 Å². The third-order valence-electron chi connectivity index (χ3n) is 1.93. The molecule has 6 heteroatoms. The van der Waals surface area contributed by atoms with Crippen LogP contribution in [0.25, 0.3) is 0 Å². The van der Waals surface area contributed by atoms with Gasteiger partial charge in [-0.1, -0.05) is 0 Å². The van der Waals surface area contributed by atoms with Gasteiger partial charge < -0.3 is 0 Å². The van der Waals surface area contributed by atoms with E-state index in [1.807, 2.05) is 0 Å². The molecule has 0 fully saturated rings. The summed E-state index contributed by atoms with van der Waals surface area (Å²) in [6.45, 7) is 0. The van der Waals surface area contributed by atoms with Crippen LogP contribution in [0.3, 0.4) is 0 Å². The number of primary amides is 1. The number of methoxy groups -OCH3 is 2. The second kappa shape index (κ2) is 6.27. The van der Waals surface area contributed by atoms with Gasteiger partial charge in [-0.2, -0.15) is 0 Å². The second-order valence-electron chi connectivity index (χ2n) is 3.14. The van der Waals surface area contributed by atoms with Crippen molar-refractivity contribution in [2.45, 2.75) is 5.32 Å². The Bertz CT molecular complexity index is 411. The van der Waals surface area contributed by atoms with Gasteiger partial charge in [-0.05, 0) is 0 Å². The molecule has 0 saturated heterocycles. The van der Waals surface area contributed by atoms with E-state index in [1.54, 1.807) is 18.2 Å². The van der Waals surface area contributed by atoms with Gasteiger partial charge >= 0.3 is 105 Å². The summed E-state index contributed by atoms with van der Waals surface area (Å²) >= 11 is -0.483. The molecule has 0 aliphatic heterocycles. The molecule has 0 unspecified atom stereocenters. The number of carbonyl (C=O) groups excluding carboxylic acids is 2. The average Bonchev–Trinajstić information content (AvgIpc) is 2.34. The molecule has 0 saturated carbocycles. The quantitative estimate of drug-likeness (QED) is 0.774. The first-order valence-electron chi connectivity index (χ1n) is 4.75. The van der Waals surface area contributed by atoms with Gasteiger partial charge in [-0.15, -0.1) is 0 Å². The first-order valence-corrected chi connectivity index (χ1v) is 6.82. The van der Waals surface area contributed by atoms with Gasteiger partial charge in [0.1, 0.15) is 0 Å². The number of ether oxygens (including phenoxy) is 2. The van der Waals surface area contributed by atoms with Crippen LogP contribution in [-0.4, -0.2) is 39.8 Å². The van der Waals surface area contributed by atoms with Gasteiger partial charge in [0.15, 0.2) is 0 Å². The molecule has 92 valence electrons. The van der Waals surface area contributed by atoms with Crippen molar-refractivity contribution in [1.29, 1.82) is 0 Å². The first kappa shape index (κ1) is 13.5. The van der Waals surface area contributed by atoms with E-state index in [1.165, 1.54) is 14.2 Å². The third-order valence-corrected chi connectivity index (χ3v) is 3.88. The van der Waals surface area contributed by atoms with Gasteiger partial charge in [0.2, 0.25) is 0 Å². The topological polar surface area (TPSA) is 78.6 Å². The molecule has 1 aromatic rings. The van der Waals surface area contributed by atoms with E-state index in [0.29, 0.717) is 17.1 Å². The number of benzene rings is 1. The molecule has 0 aliphatic rings. The normalized spacial score (nSPS) is 9.76. The summed E-state index contributed by atoms with van der Waals surface area (Å²) in [6.07, 6.45) is 0. The molecule has 0 bridgehead atoms. The zero-order valence-electron chi connectivity index (χ0n) is 9.56. The number of amides is 1. The SMILES string of the molecule is COc1cc(OC)cc(C(=O)[Se]CC(N)=O)c1. The summed E-state index contributed by atoms with van der Waals surface area (Å²) in [7, 11) is 3.02. The molecule has 0 aromatic heterocycles. The molecule has 2 N–H and O–H groups in total. The third kappa shape index (κ3) is 4.09. The van der Waals surface area contributed by atoms with E-state index in [4.69, 9.17) is 15.2 Å². The standard InChI is InChI=1S/C11H13NO4Se/c1-15-8-3-7(4-9(5-8)16-2)11(14)17-6-10(12)13/h3-5H,6H2,1-2H3,(H2,12,13). The van der Waals surface area contributed by atoms with E-state index in [9.17, 15) is 9.59 Å². The summed E-state index contributed by atoms with van der Waals surface area (Å²) < 4.78 is 10.0. The Morgan fingerprint density at radius 2 is 1.71 bits per heavy atom. The summed E-state index contributed by atoms with van der Waals surface area (Å²) in [6, 6.07) is 4.92. The molecule has 0 heterocycles. The predicted molar refractivity (Wildman–Crippen MR) is 63.6 cm³/mol. The molecule has 1 aromatic carbocycles. The van der Waals surface area contributed by atoms with Gasteiger partial charge in [-0.3, -0.25) is 0 Å². The minimum absolute atomic E-state index is 0.103. The summed E-state index contributed by atoms with van der Waals surface area (Å²) in [4.78, 5) is 22.4. The Morgan fingerprint density at radius 1 is 1.18 bits per heavy atom. The predicted octanol–water partition coefficient (Wildman–Crippen LogP) is 0.452. The van der Waals surface area contributed by atoms with Crippen molar-refractivity contribution in [1.82, 2.24) is 0 Å². The molecule has 0 radical (unpaired) electrons. The van der Waals surface area contributed by atoms with Crippen molar-refractivity contribution < 1.29 is 19.1 Å². The van der Waals surface area contributed by atoms with Gasteiger partial charge in [0.05, 0.1) is 0 Å². The van der Waals surface area contributed by atoms with Crippen LogP contribution in [0.5, 0.6) is 11.5 Å². The first-order chi connectivity index (χ1) is 8.06. The molecular formula is C11H13NO4Se. The molecule has 0 spiro atoms. The van der Waals surface area contributed by atoms with Crippen molar-refractivity contribution in [3.8, 4) is 11.5 Å². The van der Waals surface area contributed by atoms with Crippen molar-refractivity contribution in [3.05, 3.63) is 23.8 Å². The van der Waals surface area contributed by atoms with Crippen LogP contribution in [0.2, 0.25) is 5.32 Å². The van der Waals surface area contributed by atoms with E-state index in [-0.39, 0.29) is 10.0 Å². The van der Waals surface area contributed by atoms with Gasteiger partial charge in [0, 0.05) is 0 Å². The zero-order valence-corrected chi connectivity index (χ0v) is 11.3. The minimum atomic E-state index is -0.483. The fourth-order valence-corrected chi connectivity index (χ4v) is 2.32. The molecule has 0 atom stereocenters. The maximum atomic E-state index is 11.8. The number of hydrogen-bond donors (Lipinski definition) is 1.